The highest BCUT2D eigenvalue weighted by Crippen LogP contribution is 2.40. The van der Waals surface area contributed by atoms with Crippen LogP contribution in [-0.4, -0.2) is 58.7 Å². The van der Waals surface area contributed by atoms with Crippen molar-refractivity contribution in [2.75, 3.05) is 7.11 Å². The van der Waals surface area contributed by atoms with Gasteiger partial charge in [-0.3, -0.25) is 0 Å². The Bertz CT molecular complexity index is 878. The zero-order valence-corrected chi connectivity index (χ0v) is 16.6. The second-order valence-electron chi connectivity index (χ2n) is 7.33. The molecular formula is C22H24N2O6. The van der Waals surface area contributed by atoms with Gasteiger partial charge in [0.2, 0.25) is 0 Å². The zero-order valence-electron chi connectivity index (χ0n) is 16.6. The minimum absolute atomic E-state index is 0.0498. The van der Waals surface area contributed by atoms with E-state index >= 15 is 0 Å². The Morgan fingerprint density at radius 3 is 1.90 bits per heavy atom. The van der Waals surface area contributed by atoms with Gasteiger partial charge in [-0.1, -0.05) is 60.7 Å². The molecule has 1 aliphatic carbocycles. The van der Waals surface area contributed by atoms with Gasteiger partial charge in [-0.05, 0) is 11.1 Å². The Morgan fingerprint density at radius 1 is 0.900 bits per heavy atom. The summed E-state index contributed by atoms with van der Waals surface area (Å²) in [6, 6.07) is 17.1. The summed E-state index contributed by atoms with van der Waals surface area (Å²) in [4.78, 5) is 25.7. The Hall–Kier alpha value is -3.10. The third-order valence-corrected chi connectivity index (χ3v) is 5.51. The third kappa shape index (κ3) is 3.83. The van der Waals surface area contributed by atoms with E-state index in [0.717, 1.165) is 16.1 Å². The third-order valence-electron chi connectivity index (χ3n) is 5.51. The molecule has 2 bridgehead atoms. The van der Waals surface area contributed by atoms with Gasteiger partial charge in [0.05, 0.1) is 12.1 Å². The number of benzene rings is 2. The summed E-state index contributed by atoms with van der Waals surface area (Å²) >= 11 is 0. The van der Waals surface area contributed by atoms with Crippen LogP contribution < -0.4 is 0 Å². The maximum absolute atomic E-state index is 12.9. The number of aliphatic hydroxyl groups is 1. The van der Waals surface area contributed by atoms with E-state index in [2.05, 4.69) is 0 Å². The Labute approximate surface area is 174 Å². The standard InChI is InChI=1S/C22H24N2O6/c1-28-18-12-17-20(25)19(18)24(22(27)30-14-16-10-6-3-7-11-16)23(17)21(26)29-13-15-8-4-2-5-9-15/h2-11,17-20,25H,12-14H2,1H3/t17-,18?,19+,20+/m1/s1. The molecule has 1 saturated carbocycles. The smallest absolute Gasteiger partial charge is 0.429 e. The molecule has 0 radical (unpaired) electrons. The molecule has 0 spiro atoms. The fourth-order valence-corrected chi connectivity index (χ4v) is 4.05. The van der Waals surface area contributed by atoms with Crippen LogP contribution in [0.4, 0.5) is 9.59 Å². The molecule has 1 aliphatic heterocycles. The van der Waals surface area contributed by atoms with Crippen molar-refractivity contribution in [1.82, 2.24) is 10.0 Å². The second-order valence-corrected chi connectivity index (χ2v) is 7.33. The summed E-state index contributed by atoms with van der Waals surface area (Å²) in [6.07, 6.45) is -2.37. The Morgan fingerprint density at radius 2 is 1.40 bits per heavy atom. The highest BCUT2D eigenvalue weighted by atomic mass is 16.6. The number of amides is 2. The number of nitrogens with zero attached hydrogens (tertiary/aromatic N) is 2. The molecule has 1 heterocycles. The van der Waals surface area contributed by atoms with Crippen LogP contribution in [0, 0.1) is 0 Å². The molecular weight excluding hydrogens is 388 g/mol. The average molecular weight is 412 g/mol. The summed E-state index contributed by atoms with van der Waals surface area (Å²) in [5.74, 6) is 0. The fourth-order valence-electron chi connectivity index (χ4n) is 4.05. The molecule has 1 unspecified atom stereocenters. The first-order valence-corrected chi connectivity index (χ1v) is 9.80. The van der Waals surface area contributed by atoms with E-state index in [1.165, 1.54) is 12.1 Å². The summed E-state index contributed by atoms with van der Waals surface area (Å²) in [6.45, 7) is 0.110. The topological polar surface area (TPSA) is 88.5 Å². The van der Waals surface area contributed by atoms with E-state index in [4.69, 9.17) is 14.2 Å². The quantitative estimate of drug-likeness (QED) is 0.812. The molecule has 1 N–H and O–H groups in total. The van der Waals surface area contributed by atoms with Crippen molar-refractivity contribution < 1.29 is 28.9 Å². The van der Waals surface area contributed by atoms with Crippen LogP contribution >= 0.6 is 0 Å². The number of hydrogen-bond donors (Lipinski definition) is 1. The maximum Gasteiger partial charge on any atom is 0.429 e. The number of carbonyl (C=O) groups is 2. The van der Waals surface area contributed by atoms with Gasteiger partial charge in [0.1, 0.15) is 25.4 Å². The van der Waals surface area contributed by atoms with Crippen molar-refractivity contribution in [3.63, 3.8) is 0 Å². The molecule has 1 saturated heterocycles. The Balaban J connectivity index is 1.48. The molecule has 2 aromatic rings. The number of hydrazine groups is 1. The van der Waals surface area contributed by atoms with Gasteiger partial charge in [0.15, 0.2) is 0 Å². The van der Waals surface area contributed by atoms with Crippen LogP contribution in [0.5, 0.6) is 0 Å². The molecule has 2 aromatic carbocycles. The number of methoxy groups -OCH3 is 1. The lowest BCUT2D eigenvalue weighted by Crippen LogP contribution is -2.57. The average Bonchev–Trinajstić information content (AvgIpc) is 3.26. The van der Waals surface area contributed by atoms with Crippen LogP contribution in [0.1, 0.15) is 17.5 Å². The number of fused-ring (bicyclic) bond motifs is 2. The SMILES string of the molecule is COC1C[C@@H]2[C@H](O)[C@H]1N(C(=O)OCc1ccccc1)N2C(=O)OCc1ccccc1. The maximum atomic E-state index is 12.9. The van der Waals surface area contributed by atoms with Gasteiger partial charge in [-0.15, -0.1) is 0 Å². The molecule has 30 heavy (non-hydrogen) atoms. The molecule has 2 fully saturated rings. The first-order valence-electron chi connectivity index (χ1n) is 9.80. The van der Waals surface area contributed by atoms with Gasteiger partial charge in [-0.25, -0.2) is 19.6 Å². The molecule has 4 rings (SSSR count). The summed E-state index contributed by atoms with van der Waals surface area (Å²) < 4.78 is 16.3. The van der Waals surface area contributed by atoms with Crippen molar-refractivity contribution in [2.45, 2.75) is 43.9 Å². The van der Waals surface area contributed by atoms with Crippen molar-refractivity contribution in [3.8, 4) is 0 Å². The summed E-state index contributed by atoms with van der Waals surface area (Å²) in [5.41, 5.74) is 1.64. The fraction of sp³-hybridized carbons (Fsp3) is 0.364. The van der Waals surface area contributed by atoms with E-state index in [-0.39, 0.29) is 13.2 Å². The number of hydrogen-bond acceptors (Lipinski definition) is 6. The number of carbonyl (C=O) groups excluding carboxylic acids is 2. The first-order chi connectivity index (χ1) is 14.6. The van der Waals surface area contributed by atoms with Gasteiger partial charge >= 0.3 is 12.2 Å². The number of aliphatic hydroxyl groups excluding tert-OH is 1. The molecule has 8 heteroatoms. The van der Waals surface area contributed by atoms with E-state index < -0.39 is 36.5 Å². The lowest BCUT2D eigenvalue weighted by atomic mass is 10.2. The normalized spacial score (nSPS) is 24.7. The Kier molecular flexibility index (Phi) is 5.87. The molecule has 8 nitrogen and oxygen atoms in total. The van der Waals surface area contributed by atoms with Crippen molar-refractivity contribution in [1.29, 1.82) is 0 Å². The van der Waals surface area contributed by atoms with Gasteiger partial charge < -0.3 is 19.3 Å². The van der Waals surface area contributed by atoms with Crippen LogP contribution in [-0.2, 0) is 27.4 Å². The predicted molar refractivity (Wildman–Crippen MR) is 106 cm³/mol. The predicted octanol–water partition coefficient (Wildman–Crippen LogP) is 2.71. The molecule has 158 valence electrons. The van der Waals surface area contributed by atoms with Crippen molar-refractivity contribution >= 4 is 12.2 Å². The minimum atomic E-state index is -0.941. The van der Waals surface area contributed by atoms with Crippen LogP contribution in [0.15, 0.2) is 60.7 Å². The highest BCUT2D eigenvalue weighted by molar-refractivity contribution is 5.76. The molecule has 4 atom stereocenters. The van der Waals surface area contributed by atoms with Crippen LogP contribution in [0.25, 0.3) is 0 Å². The van der Waals surface area contributed by atoms with E-state index in [0.29, 0.717) is 6.42 Å². The summed E-state index contributed by atoms with van der Waals surface area (Å²) in [5, 5.41) is 13.0. The zero-order chi connectivity index (χ0) is 21.1. The minimum Gasteiger partial charge on any atom is -0.443 e. The van der Waals surface area contributed by atoms with E-state index in [9.17, 15) is 14.7 Å². The lowest BCUT2D eigenvalue weighted by molar-refractivity contribution is -0.0867. The molecule has 2 amide bonds. The van der Waals surface area contributed by atoms with Gasteiger partial charge in [0.25, 0.3) is 0 Å². The highest BCUT2D eigenvalue weighted by Gasteiger charge is 2.61. The van der Waals surface area contributed by atoms with Crippen molar-refractivity contribution in [3.05, 3.63) is 71.8 Å². The number of rotatable bonds is 5. The van der Waals surface area contributed by atoms with E-state index in [1.807, 2.05) is 60.7 Å². The first kappa shape index (κ1) is 20.2. The van der Waals surface area contributed by atoms with Gasteiger partial charge in [-0.2, -0.15) is 0 Å². The van der Waals surface area contributed by atoms with E-state index in [1.54, 1.807) is 0 Å². The van der Waals surface area contributed by atoms with Crippen LogP contribution in [0.2, 0.25) is 0 Å². The van der Waals surface area contributed by atoms with Gasteiger partial charge in [0, 0.05) is 13.5 Å². The summed E-state index contributed by atoms with van der Waals surface area (Å²) in [7, 11) is 1.52. The monoisotopic (exact) mass is 412 g/mol. The number of ether oxygens (including phenoxy) is 3. The second kappa shape index (κ2) is 8.73. The largest absolute Gasteiger partial charge is 0.443 e. The van der Waals surface area contributed by atoms with Crippen LogP contribution in [0.3, 0.4) is 0 Å². The molecule has 0 aromatic heterocycles. The lowest BCUT2D eigenvalue weighted by Gasteiger charge is -2.38. The van der Waals surface area contributed by atoms with Crippen molar-refractivity contribution in [2.24, 2.45) is 0 Å². The molecule has 2 aliphatic rings.